The second kappa shape index (κ2) is 17.6. The number of rotatable bonds is 12. The first kappa shape index (κ1) is 40.8. The summed E-state index contributed by atoms with van der Waals surface area (Å²) in [5, 5.41) is 36.2. The quantitative estimate of drug-likeness (QED) is 0.111. The summed E-state index contributed by atoms with van der Waals surface area (Å²) in [5.74, 6) is 0. The van der Waals surface area contributed by atoms with E-state index in [1.807, 2.05) is 165 Å². The molecule has 12 nitrogen and oxygen atoms in total. The van der Waals surface area contributed by atoms with Gasteiger partial charge in [-0.15, -0.1) is 20.4 Å². The minimum absolute atomic E-state index is 0.795. The highest BCUT2D eigenvalue weighted by Crippen LogP contribution is 2.46. The lowest BCUT2D eigenvalue weighted by Crippen LogP contribution is -2.31. The fourth-order valence-corrected chi connectivity index (χ4v) is 8.98. The molecular weight excluding hydrogens is 853 g/mol. The highest BCUT2D eigenvalue weighted by atomic mass is 15.4. The molecule has 0 aliphatic carbocycles. The van der Waals surface area contributed by atoms with Crippen LogP contribution in [0.2, 0.25) is 0 Å². The fourth-order valence-electron chi connectivity index (χ4n) is 8.98. The van der Waals surface area contributed by atoms with Crippen molar-refractivity contribution in [2.45, 2.75) is 5.41 Å². The van der Waals surface area contributed by atoms with Gasteiger partial charge >= 0.3 is 0 Å². The Balaban J connectivity index is 0.997. The molecule has 0 atom stereocenters. The summed E-state index contributed by atoms with van der Waals surface area (Å²) in [6.45, 7) is 0. The lowest BCUT2D eigenvalue weighted by Gasteiger charge is -2.37. The Labute approximate surface area is 397 Å². The molecule has 8 aromatic carbocycles. The molecule has 0 spiro atoms. The molecule has 0 bridgehead atoms. The normalized spacial score (nSPS) is 11.5. The van der Waals surface area contributed by atoms with Gasteiger partial charge in [0, 0.05) is 22.3 Å². The molecule has 12 rings (SSSR count). The number of aromatic nitrogens is 12. The summed E-state index contributed by atoms with van der Waals surface area (Å²) in [6.07, 6.45) is 7.84. The van der Waals surface area contributed by atoms with Crippen LogP contribution in [0.25, 0.3) is 67.8 Å². The van der Waals surface area contributed by atoms with E-state index in [0.717, 1.165) is 90.0 Å². The Morgan fingerprint density at radius 3 is 0.638 bits per heavy atom. The smallest absolute Gasteiger partial charge is 0.113 e. The number of nitrogens with zero attached hydrogens (tertiary/aromatic N) is 12. The molecule has 69 heavy (non-hydrogen) atoms. The van der Waals surface area contributed by atoms with Gasteiger partial charge in [-0.05, 0) is 70.8 Å². The van der Waals surface area contributed by atoms with Gasteiger partial charge in [-0.1, -0.05) is 191 Å². The predicted octanol–water partition coefficient (Wildman–Crippen LogP) is 11.1. The van der Waals surface area contributed by atoms with Crippen LogP contribution in [0.3, 0.4) is 0 Å². The Kier molecular flexibility index (Phi) is 10.4. The van der Waals surface area contributed by atoms with Crippen molar-refractivity contribution in [3.8, 4) is 67.8 Å². The van der Waals surface area contributed by atoms with Gasteiger partial charge in [0.1, 0.15) is 22.8 Å². The summed E-state index contributed by atoms with van der Waals surface area (Å²) >= 11 is 0. The number of hydrogen-bond acceptors (Lipinski definition) is 8. The third-order valence-corrected chi connectivity index (χ3v) is 12.5. The molecule has 0 aliphatic rings. The molecule has 4 aromatic heterocycles. The highest BCUT2D eigenvalue weighted by molar-refractivity contribution is 5.65. The summed E-state index contributed by atoms with van der Waals surface area (Å²) in [4.78, 5) is 0. The molecule has 0 radical (unpaired) electrons. The van der Waals surface area contributed by atoms with Gasteiger partial charge in [0.2, 0.25) is 0 Å². The second-order valence-electron chi connectivity index (χ2n) is 16.6. The maximum atomic E-state index is 4.53. The van der Waals surface area contributed by atoms with Crippen LogP contribution in [0.1, 0.15) is 22.3 Å². The third-order valence-electron chi connectivity index (χ3n) is 12.5. The van der Waals surface area contributed by atoms with Gasteiger partial charge in [-0.2, -0.15) is 0 Å². The standard InChI is InChI=1S/C57H40N12/c1-5-13-41(14-6-1)53-37-66(62-58-53)49-29-21-45(22-30-49)57(46-23-31-50(32-24-46)67-38-54(59-63-67)42-15-7-2-8-16-42,47-25-33-51(34-26-47)68-39-55(60-64-68)43-17-9-3-10-18-43)48-27-35-52(36-28-48)69-40-56(61-65-69)44-19-11-4-12-20-44/h1-40H. The predicted molar refractivity (Wildman–Crippen MR) is 266 cm³/mol. The molecule has 12 heteroatoms. The van der Waals surface area contributed by atoms with Crippen LogP contribution in [0, 0.1) is 0 Å². The zero-order valence-corrected chi connectivity index (χ0v) is 37.0. The van der Waals surface area contributed by atoms with Crippen LogP contribution in [-0.2, 0) is 5.41 Å². The minimum atomic E-state index is -0.849. The van der Waals surface area contributed by atoms with Crippen molar-refractivity contribution >= 4 is 0 Å². The average molecular weight is 893 g/mol. The SMILES string of the molecule is c1ccc(-c2cn(-c3ccc(C(c4ccc(-n5cc(-c6ccccc6)nn5)cc4)(c4ccc(-n5cc(-c6ccccc6)nn5)cc4)c4ccc(-n5cc(-c6ccccc6)nn5)cc4)cc3)nn2)cc1. The van der Waals surface area contributed by atoms with Crippen molar-refractivity contribution in [1.82, 2.24) is 60.0 Å². The Bertz CT molecular complexity index is 3130. The number of benzene rings is 8. The molecule has 12 aromatic rings. The highest BCUT2D eigenvalue weighted by Gasteiger charge is 2.39. The average Bonchev–Trinajstić information content (AvgIpc) is 4.30. The zero-order chi connectivity index (χ0) is 46.0. The first-order valence-corrected chi connectivity index (χ1v) is 22.5. The van der Waals surface area contributed by atoms with Crippen LogP contribution in [0.5, 0.6) is 0 Å². The molecule has 0 fully saturated rings. The van der Waals surface area contributed by atoms with Gasteiger partial charge in [0.15, 0.2) is 0 Å². The molecular formula is C57H40N12. The Morgan fingerprint density at radius 1 is 0.232 bits per heavy atom. The van der Waals surface area contributed by atoms with Gasteiger partial charge in [0.05, 0.1) is 53.0 Å². The first-order chi connectivity index (χ1) is 34.2. The lowest BCUT2D eigenvalue weighted by molar-refractivity contribution is 0.735. The summed E-state index contributed by atoms with van der Waals surface area (Å²) in [5.41, 5.74) is 14.0. The minimum Gasteiger partial charge on any atom is -0.220 e. The van der Waals surface area contributed by atoms with Crippen molar-refractivity contribution in [1.29, 1.82) is 0 Å². The summed E-state index contributed by atoms with van der Waals surface area (Å²) < 4.78 is 7.27. The van der Waals surface area contributed by atoms with E-state index >= 15 is 0 Å². The lowest BCUT2D eigenvalue weighted by atomic mass is 9.65. The molecule has 0 saturated carbocycles. The second-order valence-corrected chi connectivity index (χ2v) is 16.6. The van der Waals surface area contributed by atoms with Gasteiger partial charge < -0.3 is 0 Å². The molecule has 0 aliphatic heterocycles. The number of hydrogen-bond donors (Lipinski definition) is 0. The summed E-state index contributed by atoms with van der Waals surface area (Å²) in [6, 6.07) is 74.6. The maximum absolute atomic E-state index is 4.53. The van der Waals surface area contributed by atoms with Crippen LogP contribution < -0.4 is 0 Å². The van der Waals surface area contributed by atoms with Crippen LogP contribution in [0.4, 0.5) is 0 Å². The van der Waals surface area contributed by atoms with Crippen molar-refractivity contribution in [2.24, 2.45) is 0 Å². The Morgan fingerprint density at radius 2 is 0.435 bits per heavy atom. The topological polar surface area (TPSA) is 123 Å². The monoisotopic (exact) mass is 892 g/mol. The zero-order valence-electron chi connectivity index (χ0n) is 37.0. The van der Waals surface area contributed by atoms with E-state index in [0.29, 0.717) is 0 Å². The Hall–Kier alpha value is -9.68. The van der Waals surface area contributed by atoms with Crippen LogP contribution in [0.15, 0.2) is 243 Å². The molecule has 328 valence electrons. The molecule has 0 unspecified atom stereocenters. The fraction of sp³-hybridized carbons (Fsp3) is 0.0175. The van der Waals surface area contributed by atoms with E-state index < -0.39 is 5.41 Å². The molecule has 4 heterocycles. The molecule has 0 saturated heterocycles. The van der Waals surface area contributed by atoms with Crippen molar-refractivity contribution in [2.75, 3.05) is 0 Å². The van der Waals surface area contributed by atoms with E-state index in [4.69, 9.17) is 0 Å². The van der Waals surface area contributed by atoms with E-state index in [1.165, 1.54) is 0 Å². The van der Waals surface area contributed by atoms with E-state index in [1.54, 1.807) is 0 Å². The van der Waals surface area contributed by atoms with Crippen LogP contribution >= 0.6 is 0 Å². The summed E-state index contributed by atoms with van der Waals surface area (Å²) in [7, 11) is 0. The van der Waals surface area contributed by atoms with Crippen LogP contribution in [-0.4, -0.2) is 60.0 Å². The third kappa shape index (κ3) is 7.77. The molecule has 0 amide bonds. The maximum Gasteiger partial charge on any atom is 0.113 e. The van der Waals surface area contributed by atoms with Crippen molar-refractivity contribution < 1.29 is 0 Å². The largest absolute Gasteiger partial charge is 0.220 e. The van der Waals surface area contributed by atoms with E-state index in [-0.39, 0.29) is 0 Å². The van der Waals surface area contributed by atoms with Gasteiger partial charge in [-0.3, -0.25) is 0 Å². The van der Waals surface area contributed by atoms with Crippen molar-refractivity contribution in [3.63, 3.8) is 0 Å². The molecule has 0 N–H and O–H groups in total. The van der Waals surface area contributed by atoms with Gasteiger partial charge in [0.25, 0.3) is 0 Å². The van der Waals surface area contributed by atoms with Gasteiger partial charge in [-0.25, -0.2) is 18.7 Å². The first-order valence-electron chi connectivity index (χ1n) is 22.5. The van der Waals surface area contributed by atoms with E-state index in [9.17, 15) is 0 Å². The van der Waals surface area contributed by atoms with Crippen molar-refractivity contribution in [3.05, 3.63) is 265 Å². The van der Waals surface area contributed by atoms with E-state index in [2.05, 4.69) is 138 Å².